The third-order valence-electron chi connectivity index (χ3n) is 3.71. The summed E-state index contributed by atoms with van der Waals surface area (Å²) < 4.78 is 41.8. The van der Waals surface area contributed by atoms with Crippen molar-refractivity contribution in [2.45, 2.75) is 23.6 Å². The van der Waals surface area contributed by atoms with Crippen LogP contribution in [0, 0.1) is 0 Å². The Bertz CT molecular complexity index is 812. The summed E-state index contributed by atoms with van der Waals surface area (Å²) >= 11 is 4.78. The molecule has 0 amide bonds. The smallest absolute Gasteiger partial charge is 0.386 e. The van der Waals surface area contributed by atoms with Crippen molar-refractivity contribution >= 4 is 43.9 Å². The van der Waals surface area contributed by atoms with Crippen LogP contribution >= 0.6 is 27.9 Å². The van der Waals surface area contributed by atoms with Gasteiger partial charge in [0.1, 0.15) is 4.62 Å². The van der Waals surface area contributed by atoms with Crippen LogP contribution in [0.15, 0.2) is 52.5 Å². The molecule has 0 aromatic heterocycles. The first-order valence-corrected chi connectivity index (χ1v) is 9.28. The number of nitrogens with one attached hydrogen (secondary N) is 2. The van der Waals surface area contributed by atoms with Crippen molar-refractivity contribution in [2.24, 2.45) is 5.16 Å². The number of hydrogen-bond donors (Lipinski definition) is 2. The van der Waals surface area contributed by atoms with Crippen LogP contribution in [0.4, 0.5) is 24.5 Å². The summed E-state index contributed by atoms with van der Waals surface area (Å²) in [6.45, 7) is 0. The van der Waals surface area contributed by atoms with Gasteiger partial charge in [0.15, 0.2) is 6.10 Å². The van der Waals surface area contributed by atoms with E-state index < -0.39 is 11.7 Å². The third-order valence-corrected chi connectivity index (χ3v) is 4.88. The molecule has 2 aromatic carbocycles. The van der Waals surface area contributed by atoms with Crippen LogP contribution < -0.4 is 10.0 Å². The van der Waals surface area contributed by atoms with E-state index in [0.717, 1.165) is 32.9 Å². The second-order valence-corrected chi connectivity index (χ2v) is 7.52. The number of hydrogen-bond acceptors (Lipinski definition) is 5. The van der Waals surface area contributed by atoms with Gasteiger partial charge in [0.05, 0.1) is 5.56 Å². The van der Waals surface area contributed by atoms with Gasteiger partial charge >= 0.3 is 6.18 Å². The van der Waals surface area contributed by atoms with Gasteiger partial charge in [-0.25, -0.2) is 0 Å². The zero-order valence-electron chi connectivity index (χ0n) is 13.6. The first-order valence-electron chi connectivity index (χ1n) is 7.67. The maximum atomic E-state index is 12.7. The lowest BCUT2D eigenvalue weighted by atomic mass is 10.0. The number of oxime groups is 1. The number of benzene rings is 2. The average Bonchev–Trinajstić information content (AvgIpc) is 3.02. The van der Waals surface area contributed by atoms with E-state index in [2.05, 4.69) is 31.1 Å². The van der Waals surface area contributed by atoms with Crippen LogP contribution in [0.25, 0.3) is 0 Å². The molecule has 3 rings (SSSR count). The molecular formula is C17H15BrF3N3OS. The molecule has 0 radical (unpaired) electrons. The standard InChI is InChI=1S/C17H15BrF3N3OS/c1-22-26-12-6-7-14(13(8-12)15-9-16(18)24-25-15)23-11-4-2-10(3-5-11)17(19,20)21/h2-8,15,22-23H,9H2,1H3. The highest BCUT2D eigenvalue weighted by atomic mass is 79.9. The van der Waals surface area contributed by atoms with Crippen molar-refractivity contribution in [3.63, 3.8) is 0 Å². The summed E-state index contributed by atoms with van der Waals surface area (Å²) in [5, 5.41) is 7.08. The largest absolute Gasteiger partial charge is 0.416 e. The number of rotatable bonds is 5. The van der Waals surface area contributed by atoms with E-state index in [1.54, 1.807) is 0 Å². The van der Waals surface area contributed by atoms with Gasteiger partial charge in [0.25, 0.3) is 0 Å². The number of anilines is 2. The summed E-state index contributed by atoms with van der Waals surface area (Å²) in [5.41, 5.74) is 1.52. The first-order chi connectivity index (χ1) is 12.4. The van der Waals surface area contributed by atoms with Crippen LogP contribution in [-0.4, -0.2) is 11.7 Å². The highest BCUT2D eigenvalue weighted by molar-refractivity contribution is 9.18. The van der Waals surface area contributed by atoms with E-state index in [4.69, 9.17) is 4.84 Å². The Kier molecular flexibility index (Phi) is 5.79. The van der Waals surface area contributed by atoms with Gasteiger partial charge < -0.3 is 10.2 Å². The Morgan fingerprint density at radius 1 is 1.19 bits per heavy atom. The summed E-state index contributed by atoms with van der Waals surface area (Å²) in [4.78, 5) is 6.44. The van der Waals surface area contributed by atoms with Crippen molar-refractivity contribution in [3.8, 4) is 0 Å². The molecule has 2 aromatic rings. The molecule has 0 bridgehead atoms. The van der Waals surface area contributed by atoms with Crippen LogP contribution in [0.2, 0.25) is 0 Å². The van der Waals surface area contributed by atoms with Crippen LogP contribution in [0.3, 0.4) is 0 Å². The van der Waals surface area contributed by atoms with E-state index in [1.165, 1.54) is 24.1 Å². The lowest BCUT2D eigenvalue weighted by Gasteiger charge is -2.17. The first kappa shape index (κ1) is 19.1. The van der Waals surface area contributed by atoms with Crippen molar-refractivity contribution in [1.29, 1.82) is 0 Å². The molecule has 2 N–H and O–H groups in total. The van der Waals surface area contributed by atoms with Gasteiger partial charge in [-0.1, -0.05) is 5.16 Å². The molecule has 1 unspecified atom stereocenters. The average molecular weight is 446 g/mol. The summed E-state index contributed by atoms with van der Waals surface area (Å²) in [6, 6.07) is 10.7. The molecule has 1 heterocycles. The molecule has 138 valence electrons. The molecule has 0 saturated carbocycles. The Morgan fingerprint density at radius 3 is 2.50 bits per heavy atom. The fraction of sp³-hybridized carbons (Fsp3) is 0.235. The van der Waals surface area contributed by atoms with Crippen molar-refractivity contribution < 1.29 is 18.0 Å². The van der Waals surface area contributed by atoms with E-state index in [-0.39, 0.29) is 6.10 Å². The van der Waals surface area contributed by atoms with E-state index in [9.17, 15) is 13.2 Å². The Morgan fingerprint density at radius 2 is 1.92 bits per heavy atom. The van der Waals surface area contributed by atoms with E-state index in [1.807, 2.05) is 25.2 Å². The molecule has 9 heteroatoms. The topological polar surface area (TPSA) is 45.7 Å². The predicted molar refractivity (Wildman–Crippen MR) is 101 cm³/mol. The zero-order chi connectivity index (χ0) is 18.7. The Balaban J connectivity index is 1.86. The fourth-order valence-electron chi connectivity index (χ4n) is 2.52. The van der Waals surface area contributed by atoms with Gasteiger partial charge in [-0.2, -0.15) is 13.2 Å². The summed E-state index contributed by atoms with van der Waals surface area (Å²) in [5.74, 6) is 0. The lowest BCUT2D eigenvalue weighted by Crippen LogP contribution is -2.06. The second-order valence-electron chi connectivity index (χ2n) is 5.52. The highest BCUT2D eigenvalue weighted by Gasteiger charge is 2.30. The van der Waals surface area contributed by atoms with Crippen molar-refractivity contribution in [2.75, 3.05) is 12.4 Å². The van der Waals surface area contributed by atoms with Gasteiger partial charge in [-0.15, -0.1) is 0 Å². The fourth-order valence-corrected chi connectivity index (χ4v) is 3.45. The van der Waals surface area contributed by atoms with Crippen molar-refractivity contribution in [1.82, 2.24) is 4.72 Å². The maximum Gasteiger partial charge on any atom is 0.416 e. The molecular weight excluding hydrogens is 431 g/mol. The molecule has 0 saturated heterocycles. The highest BCUT2D eigenvalue weighted by Crippen LogP contribution is 2.37. The Hall–Kier alpha value is -1.71. The second kappa shape index (κ2) is 7.89. The minimum Gasteiger partial charge on any atom is -0.386 e. The lowest BCUT2D eigenvalue weighted by molar-refractivity contribution is -0.137. The van der Waals surface area contributed by atoms with Gasteiger partial charge in [0.2, 0.25) is 0 Å². The van der Waals surface area contributed by atoms with Gasteiger partial charge in [-0.05, 0) is 77.4 Å². The van der Waals surface area contributed by atoms with Gasteiger partial charge in [-0.3, -0.25) is 4.72 Å². The normalized spacial score (nSPS) is 17.0. The third kappa shape index (κ3) is 4.52. The molecule has 1 atom stereocenters. The maximum absolute atomic E-state index is 12.7. The molecule has 1 aliphatic heterocycles. The quantitative estimate of drug-likeness (QED) is 0.566. The van der Waals surface area contributed by atoms with E-state index in [0.29, 0.717) is 12.1 Å². The monoisotopic (exact) mass is 445 g/mol. The molecule has 1 aliphatic rings. The summed E-state index contributed by atoms with van der Waals surface area (Å²) in [7, 11) is 1.82. The number of nitrogens with zero attached hydrogens (tertiary/aromatic N) is 1. The Labute approximate surface area is 161 Å². The zero-order valence-corrected chi connectivity index (χ0v) is 16.0. The minimum absolute atomic E-state index is 0.265. The predicted octanol–water partition coefficient (Wildman–Crippen LogP) is 5.85. The molecule has 26 heavy (non-hydrogen) atoms. The SMILES string of the molecule is CNSc1ccc(Nc2ccc(C(F)(F)F)cc2)c(C2CC(Br)=NO2)c1. The molecule has 0 fully saturated rings. The van der Waals surface area contributed by atoms with Crippen LogP contribution in [-0.2, 0) is 11.0 Å². The molecule has 4 nitrogen and oxygen atoms in total. The van der Waals surface area contributed by atoms with Crippen LogP contribution in [0.1, 0.15) is 23.7 Å². The van der Waals surface area contributed by atoms with E-state index >= 15 is 0 Å². The molecule has 0 spiro atoms. The summed E-state index contributed by atoms with van der Waals surface area (Å²) in [6.07, 6.45) is -4.02. The number of alkyl halides is 3. The number of halogens is 4. The van der Waals surface area contributed by atoms with Crippen molar-refractivity contribution in [3.05, 3.63) is 53.6 Å². The molecule has 0 aliphatic carbocycles. The van der Waals surface area contributed by atoms with Crippen LogP contribution in [0.5, 0.6) is 0 Å². The minimum atomic E-state index is -4.35. The van der Waals surface area contributed by atoms with Gasteiger partial charge in [0, 0.05) is 28.3 Å².